The topological polar surface area (TPSA) is 57.5 Å². The predicted molar refractivity (Wildman–Crippen MR) is 181 cm³/mol. The second-order valence-corrected chi connectivity index (χ2v) is 13.1. The van der Waals surface area contributed by atoms with Gasteiger partial charge in [0.2, 0.25) is 0 Å². The summed E-state index contributed by atoms with van der Waals surface area (Å²) >= 11 is 0. The van der Waals surface area contributed by atoms with Crippen molar-refractivity contribution in [2.24, 2.45) is 11.8 Å². The molecule has 0 heterocycles. The molecule has 0 rings (SSSR count). The van der Waals surface area contributed by atoms with E-state index in [4.69, 9.17) is 0 Å². The lowest BCUT2D eigenvalue weighted by molar-refractivity contribution is -0.144. The van der Waals surface area contributed by atoms with Gasteiger partial charge >= 0.3 is 5.97 Å². The summed E-state index contributed by atoms with van der Waals surface area (Å²) in [5.41, 5.74) is 0. The Balaban J connectivity index is 4.33. The first-order chi connectivity index (χ1) is 20.1. The number of allylic oxidation sites excluding steroid dienone is 1. The van der Waals surface area contributed by atoms with E-state index in [1.165, 1.54) is 128 Å². The van der Waals surface area contributed by atoms with Gasteiger partial charge in [-0.3, -0.25) is 4.79 Å². The minimum atomic E-state index is -0.548. The number of aliphatic hydroxyl groups excluding tert-OH is 1. The molecule has 2 N–H and O–H groups in total. The van der Waals surface area contributed by atoms with Gasteiger partial charge in [0.15, 0.2) is 0 Å². The molecule has 0 spiro atoms. The Morgan fingerprint density at radius 1 is 0.512 bits per heavy atom. The zero-order valence-corrected chi connectivity index (χ0v) is 28.2. The van der Waals surface area contributed by atoms with Crippen molar-refractivity contribution in [1.82, 2.24) is 0 Å². The summed E-state index contributed by atoms with van der Waals surface area (Å²) in [6.45, 7) is 6.76. The average Bonchev–Trinajstić information content (AvgIpc) is 2.96. The van der Waals surface area contributed by atoms with Crippen molar-refractivity contribution in [3.8, 4) is 0 Å². The van der Waals surface area contributed by atoms with Crippen molar-refractivity contribution in [2.75, 3.05) is 0 Å². The molecule has 0 aromatic rings. The van der Waals surface area contributed by atoms with Gasteiger partial charge < -0.3 is 10.2 Å². The van der Waals surface area contributed by atoms with Crippen LogP contribution in [-0.4, -0.2) is 22.3 Å². The molecule has 0 aliphatic rings. The fourth-order valence-electron chi connectivity index (χ4n) is 6.29. The highest BCUT2D eigenvalue weighted by Gasteiger charge is 2.26. The van der Waals surface area contributed by atoms with Crippen molar-refractivity contribution in [3.05, 3.63) is 12.2 Å². The Bertz CT molecular complexity index is 558. The van der Waals surface area contributed by atoms with Gasteiger partial charge in [-0.15, -0.1) is 0 Å². The van der Waals surface area contributed by atoms with Gasteiger partial charge in [-0.1, -0.05) is 174 Å². The monoisotopic (exact) mass is 579 g/mol. The van der Waals surface area contributed by atoms with E-state index in [-0.39, 0.29) is 12.0 Å². The summed E-state index contributed by atoms with van der Waals surface area (Å²) in [4.78, 5) is 12.3. The fourth-order valence-corrected chi connectivity index (χ4v) is 6.29. The quantitative estimate of drug-likeness (QED) is 0.0601. The number of unbranched alkanes of at least 4 members (excludes halogenated alkanes) is 20. The minimum Gasteiger partial charge on any atom is -0.481 e. The fraction of sp³-hybridized carbons (Fsp3) is 0.921. The first-order valence-corrected chi connectivity index (χ1v) is 18.6. The minimum absolute atomic E-state index is 0.154. The van der Waals surface area contributed by atoms with Gasteiger partial charge in [0.25, 0.3) is 0 Å². The van der Waals surface area contributed by atoms with E-state index in [0.717, 1.165) is 57.8 Å². The Morgan fingerprint density at radius 3 is 1.39 bits per heavy atom. The maximum absolute atomic E-state index is 12.3. The first-order valence-electron chi connectivity index (χ1n) is 18.6. The lowest BCUT2D eigenvalue weighted by Crippen LogP contribution is -2.24. The predicted octanol–water partition coefficient (Wildman–Crippen LogP) is 12.6. The Hall–Kier alpha value is -0.830. The van der Waals surface area contributed by atoms with Gasteiger partial charge in [0.1, 0.15) is 0 Å². The zero-order valence-electron chi connectivity index (χ0n) is 28.2. The number of rotatable bonds is 33. The van der Waals surface area contributed by atoms with Crippen molar-refractivity contribution in [1.29, 1.82) is 0 Å². The number of aliphatic carboxylic acids is 1. The summed E-state index contributed by atoms with van der Waals surface area (Å²) in [6.07, 6.45) is 39.2. The standard InChI is InChI=1S/C38H74O3/c1-4-7-10-13-15-16-18-22-26-31-35(30-25-21-14-11-8-5-2)37(38(40)41)34-29-24-20-17-19-23-28-33-36(39)32-27-12-9-6-3/h23,28,35-37,39H,4-22,24-27,29-34H2,1-3H3,(H,40,41)/b28-23-/t35?,36-,37?/m1/s1. The smallest absolute Gasteiger partial charge is 0.306 e. The van der Waals surface area contributed by atoms with Crippen LogP contribution < -0.4 is 0 Å². The highest BCUT2D eigenvalue weighted by atomic mass is 16.4. The number of carbonyl (C=O) groups is 1. The molecule has 0 aliphatic heterocycles. The molecule has 0 bridgehead atoms. The van der Waals surface area contributed by atoms with Crippen LogP contribution in [0.25, 0.3) is 0 Å². The SMILES string of the molecule is CCCCCCCCCCCC(CCCCCCCC)C(CCCCCC/C=C\C[C@H](O)CCCCCC)C(=O)O. The second-order valence-electron chi connectivity index (χ2n) is 13.1. The number of aliphatic hydroxyl groups is 1. The summed E-state index contributed by atoms with van der Waals surface area (Å²) in [7, 11) is 0. The molecule has 0 aromatic heterocycles. The largest absolute Gasteiger partial charge is 0.481 e. The van der Waals surface area contributed by atoms with Crippen molar-refractivity contribution in [3.63, 3.8) is 0 Å². The number of carboxylic acid groups (broad SMARTS) is 1. The molecule has 0 aromatic carbocycles. The molecule has 244 valence electrons. The number of carboxylic acids is 1. The van der Waals surface area contributed by atoms with Gasteiger partial charge in [0, 0.05) is 0 Å². The number of hydrogen-bond acceptors (Lipinski definition) is 2. The van der Waals surface area contributed by atoms with E-state index in [1.807, 2.05) is 0 Å². The Kier molecular flexibility index (Phi) is 31.4. The molecule has 3 heteroatoms. The lowest BCUT2D eigenvalue weighted by atomic mass is 9.80. The summed E-state index contributed by atoms with van der Waals surface area (Å²) in [6, 6.07) is 0. The number of hydrogen-bond donors (Lipinski definition) is 2. The molecule has 0 saturated carbocycles. The summed E-state index contributed by atoms with van der Waals surface area (Å²) in [5.74, 6) is -0.342. The van der Waals surface area contributed by atoms with Crippen molar-refractivity contribution >= 4 is 5.97 Å². The maximum Gasteiger partial charge on any atom is 0.306 e. The molecule has 3 nitrogen and oxygen atoms in total. The summed E-state index contributed by atoms with van der Waals surface area (Å²) < 4.78 is 0. The van der Waals surface area contributed by atoms with Gasteiger partial charge in [-0.25, -0.2) is 0 Å². The van der Waals surface area contributed by atoms with Crippen LogP contribution in [0.3, 0.4) is 0 Å². The van der Waals surface area contributed by atoms with E-state index >= 15 is 0 Å². The molecule has 0 fully saturated rings. The van der Waals surface area contributed by atoms with Gasteiger partial charge in [-0.2, -0.15) is 0 Å². The van der Waals surface area contributed by atoms with Gasteiger partial charge in [0.05, 0.1) is 12.0 Å². The second kappa shape index (κ2) is 32.1. The van der Waals surface area contributed by atoms with E-state index in [0.29, 0.717) is 5.92 Å². The molecule has 41 heavy (non-hydrogen) atoms. The van der Waals surface area contributed by atoms with Crippen molar-refractivity contribution in [2.45, 2.75) is 213 Å². The zero-order chi connectivity index (χ0) is 30.2. The normalized spacial score (nSPS) is 14.0. The molecule has 2 unspecified atom stereocenters. The van der Waals surface area contributed by atoms with Crippen LogP contribution >= 0.6 is 0 Å². The van der Waals surface area contributed by atoms with Crippen LogP contribution in [0.1, 0.15) is 207 Å². The Morgan fingerprint density at radius 2 is 0.902 bits per heavy atom. The molecule has 0 amide bonds. The first kappa shape index (κ1) is 40.2. The molecule has 0 aliphatic carbocycles. The molecule has 0 radical (unpaired) electrons. The molecular formula is C38H74O3. The van der Waals surface area contributed by atoms with Crippen LogP contribution in [0.5, 0.6) is 0 Å². The van der Waals surface area contributed by atoms with E-state index in [1.54, 1.807) is 0 Å². The third kappa shape index (κ3) is 27.7. The third-order valence-electron chi connectivity index (χ3n) is 9.09. The highest BCUT2D eigenvalue weighted by Crippen LogP contribution is 2.30. The molecule has 0 saturated heterocycles. The van der Waals surface area contributed by atoms with Crippen LogP contribution in [0.2, 0.25) is 0 Å². The van der Waals surface area contributed by atoms with Crippen molar-refractivity contribution < 1.29 is 15.0 Å². The average molecular weight is 579 g/mol. The van der Waals surface area contributed by atoms with E-state index in [2.05, 4.69) is 32.9 Å². The Labute approximate surface area is 257 Å². The van der Waals surface area contributed by atoms with E-state index < -0.39 is 5.97 Å². The van der Waals surface area contributed by atoms with Crippen LogP contribution in [0.15, 0.2) is 12.2 Å². The lowest BCUT2D eigenvalue weighted by Gasteiger charge is -2.24. The maximum atomic E-state index is 12.3. The third-order valence-corrected chi connectivity index (χ3v) is 9.09. The molecular weight excluding hydrogens is 504 g/mol. The highest BCUT2D eigenvalue weighted by molar-refractivity contribution is 5.70. The van der Waals surface area contributed by atoms with Crippen LogP contribution in [-0.2, 0) is 4.79 Å². The van der Waals surface area contributed by atoms with Crippen LogP contribution in [0, 0.1) is 11.8 Å². The molecule has 3 atom stereocenters. The van der Waals surface area contributed by atoms with E-state index in [9.17, 15) is 15.0 Å². The summed E-state index contributed by atoms with van der Waals surface area (Å²) in [5, 5.41) is 20.2. The van der Waals surface area contributed by atoms with Crippen LogP contribution in [0.4, 0.5) is 0 Å². The van der Waals surface area contributed by atoms with Gasteiger partial charge in [-0.05, 0) is 50.9 Å².